The van der Waals surface area contributed by atoms with Gasteiger partial charge in [-0.1, -0.05) is 51.9 Å². The molecule has 0 aliphatic heterocycles. The van der Waals surface area contributed by atoms with Crippen molar-refractivity contribution in [3.05, 3.63) is 0 Å². The SMILES string of the molecule is CCCC(CC(=O)O)CC1CCCCC1. The average molecular weight is 212 g/mol. The summed E-state index contributed by atoms with van der Waals surface area (Å²) in [6.45, 7) is 2.15. The van der Waals surface area contributed by atoms with E-state index in [1.807, 2.05) is 0 Å². The fourth-order valence-electron chi connectivity index (χ4n) is 2.85. The first-order valence-electron chi connectivity index (χ1n) is 6.44. The van der Waals surface area contributed by atoms with E-state index in [4.69, 9.17) is 5.11 Å². The fraction of sp³-hybridized carbons (Fsp3) is 0.923. The zero-order valence-corrected chi connectivity index (χ0v) is 9.87. The molecule has 2 nitrogen and oxygen atoms in total. The predicted octanol–water partition coefficient (Wildman–Crippen LogP) is 3.85. The second kappa shape index (κ2) is 6.86. The Hall–Kier alpha value is -0.530. The molecule has 1 saturated carbocycles. The van der Waals surface area contributed by atoms with Crippen LogP contribution >= 0.6 is 0 Å². The lowest BCUT2D eigenvalue weighted by atomic mass is 9.80. The molecule has 0 aromatic rings. The highest BCUT2D eigenvalue weighted by atomic mass is 16.4. The average Bonchev–Trinajstić information content (AvgIpc) is 2.18. The lowest BCUT2D eigenvalue weighted by molar-refractivity contribution is -0.138. The van der Waals surface area contributed by atoms with E-state index in [0.717, 1.165) is 25.2 Å². The summed E-state index contributed by atoms with van der Waals surface area (Å²) in [6.07, 6.45) is 10.5. The van der Waals surface area contributed by atoms with E-state index < -0.39 is 5.97 Å². The number of carboxylic acids is 1. The molecule has 2 heteroatoms. The number of rotatable bonds is 6. The molecule has 0 aromatic carbocycles. The summed E-state index contributed by atoms with van der Waals surface area (Å²) >= 11 is 0. The topological polar surface area (TPSA) is 37.3 Å². The summed E-state index contributed by atoms with van der Waals surface area (Å²) in [5.74, 6) is 0.620. The maximum absolute atomic E-state index is 10.7. The summed E-state index contributed by atoms with van der Waals surface area (Å²) in [7, 11) is 0. The third-order valence-corrected chi connectivity index (χ3v) is 3.55. The van der Waals surface area contributed by atoms with E-state index in [-0.39, 0.29) is 0 Å². The van der Waals surface area contributed by atoms with Gasteiger partial charge < -0.3 is 5.11 Å². The molecular formula is C13H24O2. The number of hydrogen-bond acceptors (Lipinski definition) is 1. The van der Waals surface area contributed by atoms with Crippen LogP contribution in [0.4, 0.5) is 0 Å². The van der Waals surface area contributed by atoms with Crippen molar-refractivity contribution in [3.8, 4) is 0 Å². The Morgan fingerprint density at radius 2 is 2.00 bits per heavy atom. The van der Waals surface area contributed by atoms with Gasteiger partial charge in [0.05, 0.1) is 0 Å². The Bertz CT molecular complexity index is 183. The van der Waals surface area contributed by atoms with Gasteiger partial charge in [-0.2, -0.15) is 0 Å². The first-order chi connectivity index (χ1) is 7.22. The second-order valence-electron chi connectivity index (χ2n) is 4.99. The van der Waals surface area contributed by atoms with Crippen molar-refractivity contribution in [1.29, 1.82) is 0 Å². The number of carboxylic acid groups (broad SMARTS) is 1. The van der Waals surface area contributed by atoms with Gasteiger partial charge in [-0.25, -0.2) is 0 Å². The van der Waals surface area contributed by atoms with Gasteiger partial charge in [0.1, 0.15) is 0 Å². The predicted molar refractivity (Wildman–Crippen MR) is 61.8 cm³/mol. The minimum Gasteiger partial charge on any atom is -0.481 e. The summed E-state index contributed by atoms with van der Waals surface area (Å²) < 4.78 is 0. The highest BCUT2D eigenvalue weighted by Crippen LogP contribution is 2.31. The number of aliphatic carboxylic acids is 1. The van der Waals surface area contributed by atoms with Crippen LogP contribution in [-0.2, 0) is 4.79 Å². The van der Waals surface area contributed by atoms with Crippen molar-refractivity contribution >= 4 is 5.97 Å². The van der Waals surface area contributed by atoms with Gasteiger partial charge in [0.15, 0.2) is 0 Å². The molecule has 0 saturated heterocycles. The third-order valence-electron chi connectivity index (χ3n) is 3.55. The van der Waals surface area contributed by atoms with Gasteiger partial charge in [-0.15, -0.1) is 0 Å². The third kappa shape index (κ3) is 5.19. The zero-order chi connectivity index (χ0) is 11.1. The van der Waals surface area contributed by atoms with Crippen LogP contribution in [-0.4, -0.2) is 11.1 Å². The van der Waals surface area contributed by atoms with Crippen molar-refractivity contribution in [2.45, 2.75) is 64.7 Å². The Labute approximate surface area is 93.1 Å². The standard InChI is InChI=1S/C13H24O2/c1-2-6-12(10-13(14)15)9-11-7-4-3-5-8-11/h11-12H,2-10H2,1H3,(H,14,15). The Kier molecular flexibility index (Phi) is 5.74. The van der Waals surface area contributed by atoms with Crippen molar-refractivity contribution in [2.24, 2.45) is 11.8 Å². The van der Waals surface area contributed by atoms with Gasteiger partial charge >= 0.3 is 5.97 Å². The number of carbonyl (C=O) groups is 1. The van der Waals surface area contributed by atoms with Crippen LogP contribution < -0.4 is 0 Å². The van der Waals surface area contributed by atoms with Gasteiger partial charge in [-0.3, -0.25) is 4.79 Å². The molecule has 0 radical (unpaired) electrons. The molecule has 15 heavy (non-hydrogen) atoms. The number of hydrogen-bond donors (Lipinski definition) is 1. The summed E-state index contributed by atoms with van der Waals surface area (Å²) in [5, 5.41) is 8.84. The van der Waals surface area contributed by atoms with Gasteiger partial charge in [0.2, 0.25) is 0 Å². The Morgan fingerprint density at radius 3 is 2.53 bits per heavy atom. The van der Waals surface area contributed by atoms with Crippen LogP contribution in [0.3, 0.4) is 0 Å². The van der Waals surface area contributed by atoms with Crippen LogP contribution in [0.25, 0.3) is 0 Å². The minimum atomic E-state index is -0.621. The molecule has 0 heterocycles. The quantitative estimate of drug-likeness (QED) is 0.726. The molecule has 1 fully saturated rings. The summed E-state index contributed by atoms with van der Waals surface area (Å²) in [4.78, 5) is 10.7. The first-order valence-corrected chi connectivity index (χ1v) is 6.44. The van der Waals surface area contributed by atoms with Crippen LogP contribution in [0, 0.1) is 11.8 Å². The molecule has 1 aliphatic carbocycles. The van der Waals surface area contributed by atoms with E-state index in [2.05, 4.69) is 6.92 Å². The molecular weight excluding hydrogens is 188 g/mol. The zero-order valence-electron chi connectivity index (χ0n) is 9.87. The molecule has 1 rings (SSSR count). The van der Waals surface area contributed by atoms with Crippen LogP contribution in [0.1, 0.15) is 64.7 Å². The van der Waals surface area contributed by atoms with E-state index in [1.54, 1.807) is 0 Å². The highest BCUT2D eigenvalue weighted by Gasteiger charge is 2.20. The Morgan fingerprint density at radius 1 is 1.33 bits per heavy atom. The largest absolute Gasteiger partial charge is 0.481 e. The smallest absolute Gasteiger partial charge is 0.303 e. The molecule has 0 amide bonds. The van der Waals surface area contributed by atoms with Crippen molar-refractivity contribution < 1.29 is 9.90 Å². The van der Waals surface area contributed by atoms with E-state index in [9.17, 15) is 4.79 Å². The lowest BCUT2D eigenvalue weighted by Crippen LogP contribution is -2.15. The van der Waals surface area contributed by atoms with Crippen LogP contribution in [0.5, 0.6) is 0 Å². The van der Waals surface area contributed by atoms with E-state index in [1.165, 1.54) is 32.1 Å². The normalized spacial score (nSPS) is 20.1. The molecule has 1 aliphatic rings. The summed E-state index contributed by atoms with van der Waals surface area (Å²) in [6, 6.07) is 0. The highest BCUT2D eigenvalue weighted by molar-refractivity contribution is 5.66. The van der Waals surface area contributed by atoms with Gasteiger partial charge in [0, 0.05) is 6.42 Å². The van der Waals surface area contributed by atoms with Crippen molar-refractivity contribution in [2.75, 3.05) is 0 Å². The molecule has 1 atom stereocenters. The Balaban J connectivity index is 2.31. The lowest BCUT2D eigenvalue weighted by Gasteiger charge is -2.25. The monoisotopic (exact) mass is 212 g/mol. The maximum Gasteiger partial charge on any atom is 0.303 e. The molecule has 1 N–H and O–H groups in total. The molecule has 1 unspecified atom stereocenters. The minimum absolute atomic E-state index is 0.379. The molecule has 0 spiro atoms. The molecule has 0 aromatic heterocycles. The van der Waals surface area contributed by atoms with E-state index >= 15 is 0 Å². The summed E-state index contributed by atoms with van der Waals surface area (Å²) in [5.41, 5.74) is 0. The first kappa shape index (κ1) is 12.5. The molecule has 88 valence electrons. The van der Waals surface area contributed by atoms with Gasteiger partial charge in [0.25, 0.3) is 0 Å². The van der Waals surface area contributed by atoms with Crippen molar-refractivity contribution in [3.63, 3.8) is 0 Å². The fourth-order valence-corrected chi connectivity index (χ4v) is 2.85. The molecule has 0 bridgehead atoms. The van der Waals surface area contributed by atoms with Crippen molar-refractivity contribution in [1.82, 2.24) is 0 Å². The second-order valence-corrected chi connectivity index (χ2v) is 4.99. The maximum atomic E-state index is 10.7. The van der Waals surface area contributed by atoms with E-state index in [0.29, 0.717) is 12.3 Å². The van der Waals surface area contributed by atoms with Crippen LogP contribution in [0.15, 0.2) is 0 Å². The van der Waals surface area contributed by atoms with Crippen LogP contribution in [0.2, 0.25) is 0 Å². The van der Waals surface area contributed by atoms with Gasteiger partial charge in [-0.05, 0) is 18.3 Å².